The summed E-state index contributed by atoms with van der Waals surface area (Å²) in [6.45, 7) is 7.33. The molecule has 1 heterocycles. The first-order valence-electron chi connectivity index (χ1n) is 9.33. The van der Waals surface area contributed by atoms with E-state index in [1.165, 1.54) is 0 Å². The third-order valence-electron chi connectivity index (χ3n) is 5.12. The summed E-state index contributed by atoms with van der Waals surface area (Å²) in [6, 6.07) is 14.3. The Balaban J connectivity index is 1.79. The number of hydrogen-bond acceptors (Lipinski definition) is 3. The fraction of sp³-hybridized carbons (Fsp3) is 0.318. The van der Waals surface area contributed by atoms with Gasteiger partial charge in [0.15, 0.2) is 0 Å². The number of rotatable bonds is 5. The molecule has 1 aliphatic heterocycles. The van der Waals surface area contributed by atoms with Gasteiger partial charge >= 0.3 is 6.03 Å². The Kier molecular flexibility index (Phi) is 5.23. The number of benzene rings is 2. The van der Waals surface area contributed by atoms with Crippen molar-refractivity contribution in [3.8, 4) is 0 Å². The van der Waals surface area contributed by atoms with Crippen LogP contribution < -0.4 is 10.6 Å². The van der Waals surface area contributed by atoms with Crippen molar-refractivity contribution in [2.45, 2.75) is 39.2 Å². The van der Waals surface area contributed by atoms with Crippen LogP contribution in [0, 0.1) is 6.92 Å². The van der Waals surface area contributed by atoms with Gasteiger partial charge in [-0.05, 0) is 36.5 Å². The van der Waals surface area contributed by atoms with Gasteiger partial charge in [0.1, 0.15) is 12.1 Å². The lowest BCUT2D eigenvalue weighted by Crippen LogP contribution is -2.42. The SMILES string of the molecule is Cc1cccc(C(C)C)c1NC(=O)CN1C(=O)N[C@](C)(c2ccccc2)C1=O. The standard InChI is InChI=1S/C22H25N3O3/c1-14(2)17-12-8-9-15(3)19(17)23-18(26)13-25-20(27)22(4,24-21(25)28)16-10-6-5-7-11-16/h5-12,14H,13H2,1-4H3,(H,23,26)(H,24,28)/t22-/m1/s1. The molecule has 0 spiro atoms. The summed E-state index contributed by atoms with van der Waals surface area (Å²) in [5.41, 5.74) is 2.19. The Bertz CT molecular complexity index is 924. The van der Waals surface area contributed by atoms with Gasteiger partial charge in [0, 0.05) is 5.69 Å². The van der Waals surface area contributed by atoms with Crippen LogP contribution in [0.1, 0.15) is 43.4 Å². The average Bonchev–Trinajstić information content (AvgIpc) is 2.88. The number of imide groups is 1. The molecule has 0 bridgehead atoms. The molecule has 2 aromatic carbocycles. The number of anilines is 1. The highest BCUT2D eigenvalue weighted by Crippen LogP contribution is 2.30. The summed E-state index contributed by atoms with van der Waals surface area (Å²) in [5.74, 6) is -0.613. The summed E-state index contributed by atoms with van der Waals surface area (Å²) >= 11 is 0. The van der Waals surface area contributed by atoms with E-state index in [9.17, 15) is 14.4 Å². The van der Waals surface area contributed by atoms with Crippen LogP contribution in [-0.4, -0.2) is 29.3 Å². The first-order chi connectivity index (χ1) is 13.2. The molecule has 1 saturated heterocycles. The van der Waals surface area contributed by atoms with E-state index in [0.717, 1.165) is 21.7 Å². The maximum atomic E-state index is 12.9. The van der Waals surface area contributed by atoms with Gasteiger partial charge in [0.05, 0.1) is 0 Å². The average molecular weight is 379 g/mol. The number of para-hydroxylation sites is 1. The quantitative estimate of drug-likeness (QED) is 0.780. The summed E-state index contributed by atoms with van der Waals surface area (Å²) < 4.78 is 0. The molecule has 1 fully saturated rings. The lowest BCUT2D eigenvalue weighted by atomic mass is 9.92. The van der Waals surface area contributed by atoms with E-state index in [2.05, 4.69) is 10.6 Å². The second-order valence-corrected chi connectivity index (χ2v) is 7.55. The summed E-state index contributed by atoms with van der Waals surface area (Å²) in [5, 5.41) is 5.60. The van der Waals surface area contributed by atoms with Crippen molar-refractivity contribution in [3.63, 3.8) is 0 Å². The van der Waals surface area contributed by atoms with Crippen molar-refractivity contribution in [1.29, 1.82) is 0 Å². The first kappa shape index (κ1) is 19.6. The highest BCUT2D eigenvalue weighted by atomic mass is 16.2. The van der Waals surface area contributed by atoms with Gasteiger partial charge in [-0.1, -0.05) is 62.4 Å². The van der Waals surface area contributed by atoms with Crippen LogP contribution in [0.5, 0.6) is 0 Å². The van der Waals surface area contributed by atoms with Gasteiger partial charge in [-0.3, -0.25) is 14.5 Å². The summed E-state index contributed by atoms with van der Waals surface area (Å²) in [7, 11) is 0. The van der Waals surface area contributed by atoms with Crippen molar-refractivity contribution in [3.05, 3.63) is 65.2 Å². The maximum Gasteiger partial charge on any atom is 0.325 e. The smallest absolute Gasteiger partial charge is 0.324 e. The van der Waals surface area contributed by atoms with Gasteiger partial charge in [-0.15, -0.1) is 0 Å². The number of urea groups is 1. The molecular weight excluding hydrogens is 354 g/mol. The zero-order chi connectivity index (χ0) is 20.5. The van der Waals surface area contributed by atoms with Crippen LogP contribution in [0.3, 0.4) is 0 Å². The number of carbonyl (C=O) groups is 3. The Morgan fingerprint density at radius 3 is 2.43 bits per heavy atom. The molecule has 6 nitrogen and oxygen atoms in total. The number of aryl methyl sites for hydroxylation is 1. The lowest BCUT2D eigenvalue weighted by Gasteiger charge is -2.22. The van der Waals surface area contributed by atoms with E-state index in [1.807, 2.05) is 45.0 Å². The van der Waals surface area contributed by atoms with Gasteiger partial charge in [0.25, 0.3) is 5.91 Å². The number of nitrogens with one attached hydrogen (secondary N) is 2. The molecule has 0 unspecified atom stereocenters. The Labute approximate surface area is 164 Å². The molecule has 1 aliphatic rings. The second kappa shape index (κ2) is 7.46. The molecule has 2 N–H and O–H groups in total. The summed E-state index contributed by atoms with van der Waals surface area (Å²) in [4.78, 5) is 39.0. The van der Waals surface area contributed by atoms with Crippen molar-refractivity contribution >= 4 is 23.5 Å². The minimum atomic E-state index is -1.18. The predicted octanol–water partition coefficient (Wildman–Crippen LogP) is 3.52. The molecule has 0 aromatic heterocycles. The highest BCUT2D eigenvalue weighted by molar-refractivity contribution is 6.10. The van der Waals surface area contributed by atoms with Crippen LogP contribution in [0.25, 0.3) is 0 Å². The monoisotopic (exact) mass is 379 g/mol. The Hall–Kier alpha value is -3.15. The van der Waals surface area contributed by atoms with Crippen LogP contribution in [-0.2, 0) is 15.1 Å². The number of amides is 4. The Morgan fingerprint density at radius 1 is 1.11 bits per heavy atom. The molecule has 0 aliphatic carbocycles. The van der Waals surface area contributed by atoms with Crippen LogP contribution in [0.4, 0.5) is 10.5 Å². The van der Waals surface area contributed by atoms with Gasteiger partial charge in [-0.25, -0.2) is 4.79 Å². The predicted molar refractivity (Wildman–Crippen MR) is 108 cm³/mol. The molecule has 0 radical (unpaired) electrons. The van der Waals surface area contributed by atoms with Crippen LogP contribution in [0.15, 0.2) is 48.5 Å². The lowest BCUT2D eigenvalue weighted by molar-refractivity contribution is -0.133. The van der Waals surface area contributed by atoms with E-state index in [-0.39, 0.29) is 12.5 Å². The fourth-order valence-corrected chi connectivity index (χ4v) is 3.47. The van der Waals surface area contributed by atoms with Crippen molar-refractivity contribution in [2.75, 3.05) is 11.9 Å². The summed E-state index contributed by atoms with van der Waals surface area (Å²) in [6.07, 6.45) is 0. The van der Waals surface area contributed by atoms with Gasteiger partial charge in [-0.2, -0.15) is 0 Å². The molecule has 3 rings (SSSR count). The van der Waals surface area contributed by atoms with E-state index in [1.54, 1.807) is 31.2 Å². The first-order valence-corrected chi connectivity index (χ1v) is 9.33. The molecule has 4 amide bonds. The fourth-order valence-electron chi connectivity index (χ4n) is 3.47. The zero-order valence-electron chi connectivity index (χ0n) is 16.6. The normalized spacial score (nSPS) is 19.1. The topological polar surface area (TPSA) is 78.5 Å². The number of nitrogens with zero attached hydrogens (tertiary/aromatic N) is 1. The highest BCUT2D eigenvalue weighted by Gasteiger charge is 2.49. The van der Waals surface area contributed by atoms with Crippen molar-refractivity contribution in [2.24, 2.45) is 0 Å². The molecule has 6 heteroatoms. The van der Waals surface area contributed by atoms with Crippen LogP contribution >= 0.6 is 0 Å². The minimum absolute atomic E-state index is 0.230. The third-order valence-corrected chi connectivity index (χ3v) is 5.12. The van der Waals surface area contributed by atoms with Crippen molar-refractivity contribution in [1.82, 2.24) is 10.2 Å². The molecule has 2 aromatic rings. The largest absolute Gasteiger partial charge is 0.325 e. The third kappa shape index (κ3) is 3.50. The van der Waals surface area contributed by atoms with E-state index in [4.69, 9.17) is 0 Å². The molecule has 28 heavy (non-hydrogen) atoms. The number of hydrogen-bond donors (Lipinski definition) is 2. The second-order valence-electron chi connectivity index (χ2n) is 7.55. The van der Waals surface area contributed by atoms with Crippen LogP contribution in [0.2, 0.25) is 0 Å². The van der Waals surface area contributed by atoms with E-state index >= 15 is 0 Å². The molecule has 1 atom stereocenters. The molecular formula is C22H25N3O3. The Morgan fingerprint density at radius 2 is 1.79 bits per heavy atom. The zero-order valence-corrected chi connectivity index (χ0v) is 16.6. The van der Waals surface area contributed by atoms with Gasteiger partial charge in [0.2, 0.25) is 5.91 Å². The molecule has 0 saturated carbocycles. The van der Waals surface area contributed by atoms with E-state index < -0.39 is 23.4 Å². The van der Waals surface area contributed by atoms with Crippen molar-refractivity contribution < 1.29 is 14.4 Å². The molecule has 146 valence electrons. The van der Waals surface area contributed by atoms with Gasteiger partial charge < -0.3 is 10.6 Å². The number of carbonyl (C=O) groups excluding carboxylic acids is 3. The van der Waals surface area contributed by atoms with E-state index in [0.29, 0.717) is 5.56 Å². The minimum Gasteiger partial charge on any atom is -0.324 e. The maximum absolute atomic E-state index is 12.9.